The molecule has 0 amide bonds. The van der Waals surface area contributed by atoms with Gasteiger partial charge in [0.15, 0.2) is 0 Å². The van der Waals surface area contributed by atoms with E-state index in [-0.39, 0.29) is 11.5 Å². The molecule has 0 spiro atoms. The first-order valence-corrected chi connectivity index (χ1v) is 14.5. The van der Waals surface area contributed by atoms with Crippen LogP contribution in [0.5, 0.6) is 0 Å². The SMILES string of the molecule is CCCCCCCCCCCCCCCCCCCP(O)(O)(O)c1ccccc1. The predicted molar refractivity (Wildman–Crippen MR) is 129 cm³/mol. The van der Waals surface area contributed by atoms with Crippen LogP contribution in [0.2, 0.25) is 0 Å². The first-order chi connectivity index (χ1) is 13.9. The Kier molecular flexibility index (Phi) is 14.1. The number of unbranched alkanes of at least 4 members (excludes halogenated alkanes) is 16. The van der Waals surface area contributed by atoms with Crippen molar-refractivity contribution in [2.75, 3.05) is 6.16 Å². The third-order valence-electron chi connectivity index (χ3n) is 5.96. The minimum atomic E-state index is -4.66. The molecule has 170 valence electrons. The van der Waals surface area contributed by atoms with Crippen LogP contribution in [0.4, 0.5) is 0 Å². The topological polar surface area (TPSA) is 60.7 Å². The van der Waals surface area contributed by atoms with Crippen molar-refractivity contribution in [3.05, 3.63) is 30.3 Å². The van der Waals surface area contributed by atoms with Gasteiger partial charge in [0.25, 0.3) is 0 Å². The van der Waals surface area contributed by atoms with Gasteiger partial charge in [0.1, 0.15) is 0 Å². The number of rotatable bonds is 19. The third-order valence-corrected chi connectivity index (χ3v) is 8.45. The molecule has 29 heavy (non-hydrogen) atoms. The summed E-state index contributed by atoms with van der Waals surface area (Å²) in [6.07, 6.45) is 22.0. The summed E-state index contributed by atoms with van der Waals surface area (Å²) in [7, 11) is -4.66. The Morgan fingerprint density at radius 1 is 0.517 bits per heavy atom. The van der Waals surface area contributed by atoms with Gasteiger partial charge in [0.2, 0.25) is 0 Å². The van der Waals surface area contributed by atoms with Crippen LogP contribution < -0.4 is 5.30 Å². The average Bonchev–Trinajstić information content (AvgIpc) is 2.70. The van der Waals surface area contributed by atoms with Crippen LogP contribution in [-0.4, -0.2) is 20.8 Å². The normalized spacial score (nSPS) is 13.3. The van der Waals surface area contributed by atoms with Crippen molar-refractivity contribution in [1.29, 1.82) is 0 Å². The molecule has 0 fully saturated rings. The van der Waals surface area contributed by atoms with Crippen LogP contribution in [0.1, 0.15) is 116 Å². The quantitative estimate of drug-likeness (QED) is 0.161. The summed E-state index contributed by atoms with van der Waals surface area (Å²) in [5, 5.41) is 0.273. The summed E-state index contributed by atoms with van der Waals surface area (Å²) in [5.74, 6) is 0. The van der Waals surface area contributed by atoms with Crippen LogP contribution in [0.25, 0.3) is 0 Å². The Morgan fingerprint density at radius 2 is 0.862 bits per heavy atom. The molecule has 0 aromatic heterocycles. The molecule has 0 saturated carbocycles. The Labute approximate surface area is 180 Å². The van der Waals surface area contributed by atoms with Gasteiger partial charge in [0.05, 0.1) is 0 Å². The van der Waals surface area contributed by atoms with Crippen LogP contribution in [0.15, 0.2) is 30.3 Å². The number of hydrogen-bond donors (Lipinski definition) is 3. The van der Waals surface area contributed by atoms with E-state index in [1.807, 2.05) is 6.07 Å². The van der Waals surface area contributed by atoms with Gasteiger partial charge in [0, 0.05) is 0 Å². The van der Waals surface area contributed by atoms with Gasteiger partial charge in [-0.25, -0.2) is 0 Å². The summed E-state index contributed by atoms with van der Waals surface area (Å²) < 4.78 is 0. The zero-order valence-corrected chi connectivity index (χ0v) is 19.8. The minimum absolute atomic E-state index is 0.0776. The van der Waals surface area contributed by atoms with Gasteiger partial charge in [-0.1, -0.05) is 45.4 Å². The van der Waals surface area contributed by atoms with E-state index in [1.165, 1.54) is 89.9 Å². The van der Waals surface area contributed by atoms with Crippen molar-refractivity contribution >= 4 is 12.6 Å². The molecule has 0 heterocycles. The van der Waals surface area contributed by atoms with Crippen molar-refractivity contribution in [3.8, 4) is 0 Å². The van der Waals surface area contributed by atoms with E-state index in [9.17, 15) is 14.7 Å². The molecule has 0 aliphatic rings. The summed E-state index contributed by atoms with van der Waals surface area (Å²) in [6, 6.07) is 8.48. The van der Waals surface area contributed by atoms with Crippen molar-refractivity contribution in [2.24, 2.45) is 0 Å². The standard InChI is InChI=1S/C25H47O3P/c1-2-3-4-5-6-7-8-9-10-11-12-13-14-15-16-17-21-24-29(26,27,28)25-22-19-18-20-23-25/h18-20,22-23,26-28H,2-17,21,24H2,1H3. The fourth-order valence-corrected chi connectivity index (χ4v) is 5.84. The van der Waals surface area contributed by atoms with Crippen molar-refractivity contribution in [2.45, 2.75) is 116 Å². The van der Waals surface area contributed by atoms with Gasteiger partial charge >= 0.3 is 134 Å². The second-order valence-electron chi connectivity index (χ2n) is 8.87. The van der Waals surface area contributed by atoms with Gasteiger partial charge < -0.3 is 0 Å². The molecule has 0 aliphatic heterocycles. The predicted octanol–water partition coefficient (Wildman–Crippen LogP) is 7.24. The van der Waals surface area contributed by atoms with E-state index in [0.29, 0.717) is 6.42 Å². The second kappa shape index (κ2) is 15.3. The third kappa shape index (κ3) is 13.4. The van der Waals surface area contributed by atoms with Crippen molar-refractivity contribution < 1.29 is 14.7 Å². The van der Waals surface area contributed by atoms with Gasteiger partial charge in [-0.05, 0) is 0 Å². The molecule has 0 aliphatic carbocycles. The Bertz CT molecular complexity index is 496. The molecule has 4 heteroatoms. The number of hydrogen-bond acceptors (Lipinski definition) is 3. The van der Waals surface area contributed by atoms with Crippen LogP contribution in [0, 0.1) is 0 Å². The number of benzene rings is 1. The molecule has 0 saturated heterocycles. The van der Waals surface area contributed by atoms with Crippen LogP contribution >= 0.6 is 7.28 Å². The van der Waals surface area contributed by atoms with Crippen molar-refractivity contribution in [1.82, 2.24) is 0 Å². The molecule has 1 aromatic carbocycles. The summed E-state index contributed by atoms with van der Waals surface area (Å²) >= 11 is 0. The molecule has 0 bridgehead atoms. The Balaban J connectivity index is 1.88. The fourth-order valence-electron chi connectivity index (χ4n) is 3.99. The van der Waals surface area contributed by atoms with E-state index < -0.39 is 7.28 Å². The fraction of sp³-hybridized carbons (Fsp3) is 0.760. The molecular formula is C25H47O3P. The zero-order valence-electron chi connectivity index (χ0n) is 18.9. The Morgan fingerprint density at radius 3 is 1.24 bits per heavy atom. The van der Waals surface area contributed by atoms with Crippen molar-refractivity contribution in [3.63, 3.8) is 0 Å². The summed E-state index contributed by atoms with van der Waals surface area (Å²) in [6.45, 7) is 2.27. The molecule has 1 rings (SSSR count). The molecular weight excluding hydrogens is 379 g/mol. The summed E-state index contributed by atoms with van der Waals surface area (Å²) in [5.41, 5.74) is 0. The summed E-state index contributed by atoms with van der Waals surface area (Å²) in [4.78, 5) is 31.0. The molecule has 3 N–H and O–H groups in total. The first-order valence-electron chi connectivity index (χ1n) is 12.3. The van der Waals surface area contributed by atoms with Gasteiger partial charge in [-0.2, -0.15) is 0 Å². The zero-order chi connectivity index (χ0) is 21.3. The maximum absolute atomic E-state index is 10.3. The van der Waals surface area contributed by atoms with E-state index in [0.717, 1.165) is 12.8 Å². The molecule has 0 radical (unpaired) electrons. The van der Waals surface area contributed by atoms with Crippen LogP contribution in [0.3, 0.4) is 0 Å². The monoisotopic (exact) mass is 426 g/mol. The van der Waals surface area contributed by atoms with Crippen LogP contribution in [-0.2, 0) is 0 Å². The molecule has 0 unspecified atom stereocenters. The van der Waals surface area contributed by atoms with E-state index in [4.69, 9.17) is 0 Å². The molecule has 3 nitrogen and oxygen atoms in total. The van der Waals surface area contributed by atoms with E-state index >= 15 is 0 Å². The second-order valence-corrected chi connectivity index (χ2v) is 12.1. The van der Waals surface area contributed by atoms with Gasteiger partial charge in [-0.15, -0.1) is 0 Å². The molecule has 1 aromatic rings. The maximum atomic E-state index is 10.3. The average molecular weight is 427 g/mol. The van der Waals surface area contributed by atoms with E-state index in [1.54, 1.807) is 24.3 Å². The van der Waals surface area contributed by atoms with Gasteiger partial charge in [-0.3, -0.25) is 0 Å². The van der Waals surface area contributed by atoms with E-state index in [2.05, 4.69) is 6.92 Å². The Hall–Kier alpha value is -0.470. The molecule has 0 atom stereocenters. The first kappa shape index (κ1) is 26.6.